The summed E-state index contributed by atoms with van der Waals surface area (Å²) in [4.78, 5) is 45.9. The van der Waals surface area contributed by atoms with Crippen molar-refractivity contribution in [1.82, 2.24) is 9.55 Å². The number of hydrogen-bond acceptors (Lipinski definition) is 6. The normalized spacial score (nSPS) is 16.7. The second-order valence-corrected chi connectivity index (χ2v) is 9.23. The van der Waals surface area contributed by atoms with Gasteiger partial charge in [-0.1, -0.05) is 18.2 Å². The van der Waals surface area contributed by atoms with Crippen molar-refractivity contribution in [3.8, 4) is 5.75 Å². The van der Waals surface area contributed by atoms with E-state index in [0.717, 1.165) is 5.39 Å². The van der Waals surface area contributed by atoms with Crippen LogP contribution in [0.4, 0.5) is 21.5 Å². The number of aromatic nitrogens is 2. The molecular weight excluding hydrogens is 487 g/mol. The number of carbonyl (C=O) groups excluding carboxylic acids is 3. The van der Waals surface area contributed by atoms with Crippen LogP contribution in [0.1, 0.15) is 23.0 Å². The highest BCUT2D eigenvalue weighted by atomic mass is 19.1. The second-order valence-electron chi connectivity index (χ2n) is 9.23. The average Bonchev–Trinajstić information content (AvgIpc) is 3.38. The van der Waals surface area contributed by atoms with E-state index >= 15 is 0 Å². The Hall–Kier alpha value is -5.05. The standard InChI is InChI=1S/C29H21FN4O4/c1-29(27(36)20-13-19-18-5-3-4-6-21(18)33(15-35)23(19)14-32-20)25-22(11-12-24(38-2)26(25)31)34(28(29)37)17-9-7-16(30)8-10-17/h3-15H,31H2,1-2H3/t29-/m0/s1. The maximum absolute atomic E-state index is 14.2. The number of amides is 1. The molecule has 188 valence electrons. The molecule has 0 bridgehead atoms. The minimum atomic E-state index is -1.76. The van der Waals surface area contributed by atoms with Crippen molar-refractivity contribution in [3.63, 3.8) is 0 Å². The molecule has 2 N–H and O–H groups in total. The summed E-state index contributed by atoms with van der Waals surface area (Å²) >= 11 is 0. The minimum Gasteiger partial charge on any atom is -0.495 e. The Balaban J connectivity index is 1.57. The number of ether oxygens (including phenoxy) is 1. The number of nitrogen functional groups attached to an aromatic ring is 1. The lowest BCUT2D eigenvalue weighted by molar-refractivity contribution is -0.120. The van der Waals surface area contributed by atoms with E-state index in [1.165, 1.54) is 54.0 Å². The van der Waals surface area contributed by atoms with Gasteiger partial charge in [0.15, 0.2) is 0 Å². The molecule has 0 aliphatic carbocycles. The number of para-hydroxylation sites is 1. The highest BCUT2D eigenvalue weighted by Gasteiger charge is 2.55. The second kappa shape index (κ2) is 8.24. The molecule has 1 amide bonds. The van der Waals surface area contributed by atoms with Crippen molar-refractivity contribution in [1.29, 1.82) is 0 Å². The Kier molecular flexibility index (Phi) is 5.06. The first kappa shape index (κ1) is 23.4. The molecule has 1 aliphatic rings. The van der Waals surface area contributed by atoms with Gasteiger partial charge in [0.2, 0.25) is 18.1 Å². The summed E-state index contributed by atoms with van der Waals surface area (Å²) in [6, 6.07) is 17.6. The molecule has 0 fully saturated rings. The van der Waals surface area contributed by atoms with Crippen LogP contribution in [0.5, 0.6) is 5.75 Å². The first-order chi connectivity index (χ1) is 18.3. The number of methoxy groups -OCH3 is 1. The SMILES string of the molecule is COc1ccc2c(c1N)[C@@](C)(C(=O)c1cc3c4ccccc4n(C=O)c3cn1)C(=O)N2c1ccc(F)cc1. The van der Waals surface area contributed by atoms with Gasteiger partial charge in [0.25, 0.3) is 0 Å². The number of pyridine rings is 1. The Morgan fingerprint density at radius 3 is 2.50 bits per heavy atom. The lowest BCUT2D eigenvalue weighted by Gasteiger charge is -2.23. The molecule has 0 saturated carbocycles. The predicted molar refractivity (Wildman–Crippen MR) is 142 cm³/mol. The third kappa shape index (κ3) is 3.02. The molecule has 6 rings (SSSR count). The summed E-state index contributed by atoms with van der Waals surface area (Å²) in [6.07, 6.45) is 2.15. The van der Waals surface area contributed by atoms with Crippen molar-refractivity contribution in [3.05, 3.63) is 90.0 Å². The number of halogens is 1. The van der Waals surface area contributed by atoms with Gasteiger partial charge in [-0.05, 0) is 55.5 Å². The van der Waals surface area contributed by atoms with Gasteiger partial charge in [0.1, 0.15) is 22.7 Å². The van der Waals surface area contributed by atoms with E-state index in [-0.39, 0.29) is 16.9 Å². The van der Waals surface area contributed by atoms with Crippen LogP contribution in [0.2, 0.25) is 0 Å². The number of anilines is 3. The number of hydrogen-bond donors (Lipinski definition) is 1. The number of benzene rings is 3. The van der Waals surface area contributed by atoms with Crippen LogP contribution in [0.15, 0.2) is 72.9 Å². The summed E-state index contributed by atoms with van der Waals surface area (Å²) in [6.45, 7) is 1.51. The predicted octanol–water partition coefficient (Wildman–Crippen LogP) is 4.78. The fourth-order valence-electron chi connectivity index (χ4n) is 5.37. The van der Waals surface area contributed by atoms with E-state index in [9.17, 15) is 18.8 Å². The molecule has 9 heteroatoms. The molecule has 38 heavy (non-hydrogen) atoms. The number of nitrogens with zero attached hydrogens (tertiary/aromatic N) is 3. The van der Waals surface area contributed by atoms with Crippen LogP contribution in [0, 0.1) is 5.82 Å². The first-order valence-corrected chi connectivity index (χ1v) is 11.8. The van der Waals surface area contributed by atoms with Crippen LogP contribution < -0.4 is 15.4 Å². The molecule has 0 saturated heterocycles. The van der Waals surface area contributed by atoms with Crippen LogP contribution in [0.25, 0.3) is 21.8 Å². The van der Waals surface area contributed by atoms with Crippen molar-refractivity contribution in [2.75, 3.05) is 17.7 Å². The molecule has 2 aromatic heterocycles. The number of ketones is 1. The Morgan fingerprint density at radius 1 is 1.05 bits per heavy atom. The van der Waals surface area contributed by atoms with E-state index in [1.807, 2.05) is 18.2 Å². The molecule has 3 heterocycles. The third-order valence-electron chi connectivity index (χ3n) is 7.25. The van der Waals surface area contributed by atoms with Crippen molar-refractivity contribution < 1.29 is 23.5 Å². The summed E-state index contributed by atoms with van der Waals surface area (Å²) in [5, 5.41) is 1.41. The Morgan fingerprint density at radius 2 is 1.79 bits per heavy atom. The zero-order chi connectivity index (χ0) is 26.8. The zero-order valence-electron chi connectivity index (χ0n) is 20.4. The fourth-order valence-corrected chi connectivity index (χ4v) is 5.37. The fraction of sp³-hybridized carbons (Fsp3) is 0.103. The molecule has 5 aromatic rings. The largest absolute Gasteiger partial charge is 0.495 e. The molecule has 3 aromatic carbocycles. The summed E-state index contributed by atoms with van der Waals surface area (Å²) < 4.78 is 20.5. The Bertz CT molecular complexity index is 1810. The highest BCUT2D eigenvalue weighted by Crippen LogP contribution is 2.51. The minimum absolute atomic E-state index is 0.0382. The van der Waals surface area contributed by atoms with Gasteiger partial charge in [0.05, 0.1) is 35.7 Å². The maximum Gasteiger partial charge on any atom is 0.250 e. The van der Waals surface area contributed by atoms with Crippen LogP contribution >= 0.6 is 0 Å². The van der Waals surface area contributed by atoms with Crippen molar-refractivity contribution >= 4 is 57.0 Å². The lowest BCUT2D eigenvalue weighted by Crippen LogP contribution is -2.43. The van der Waals surface area contributed by atoms with Gasteiger partial charge in [-0.3, -0.25) is 28.8 Å². The number of nitrogens with two attached hydrogens (primary N) is 1. The summed E-state index contributed by atoms with van der Waals surface area (Å²) in [5.74, 6) is -1.27. The average molecular weight is 509 g/mol. The van der Waals surface area contributed by atoms with E-state index in [2.05, 4.69) is 4.98 Å². The quantitative estimate of drug-likeness (QED) is 0.159. The molecule has 1 atom stereocenters. The van der Waals surface area contributed by atoms with Gasteiger partial charge < -0.3 is 10.5 Å². The molecule has 8 nitrogen and oxygen atoms in total. The molecule has 1 aliphatic heterocycles. The van der Waals surface area contributed by atoms with E-state index in [1.54, 1.807) is 24.3 Å². The number of carbonyl (C=O) groups is 3. The van der Waals surface area contributed by atoms with Crippen LogP contribution in [-0.2, 0) is 15.0 Å². The van der Waals surface area contributed by atoms with Gasteiger partial charge in [-0.25, -0.2) is 4.39 Å². The van der Waals surface area contributed by atoms with Crippen LogP contribution in [0.3, 0.4) is 0 Å². The van der Waals surface area contributed by atoms with E-state index < -0.39 is 22.9 Å². The van der Waals surface area contributed by atoms with E-state index in [4.69, 9.17) is 10.5 Å². The van der Waals surface area contributed by atoms with Gasteiger partial charge >= 0.3 is 0 Å². The topological polar surface area (TPSA) is 108 Å². The monoisotopic (exact) mass is 508 g/mol. The van der Waals surface area contributed by atoms with E-state index in [0.29, 0.717) is 40.0 Å². The van der Waals surface area contributed by atoms with Crippen LogP contribution in [-0.4, -0.2) is 34.8 Å². The number of rotatable bonds is 5. The lowest BCUT2D eigenvalue weighted by atomic mass is 9.77. The first-order valence-electron chi connectivity index (χ1n) is 11.8. The smallest absolute Gasteiger partial charge is 0.250 e. The van der Waals surface area contributed by atoms with Crippen molar-refractivity contribution in [2.24, 2.45) is 0 Å². The zero-order valence-corrected chi connectivity index (χ0v) is 20.4. The Labute approximate surface area is 216 Å². The molecule has 0 unspecified atom stereocenters. The molecule has 0 radical (unpaired) electrons. The molecular formula is C29H21FN4O4. The highest BCUT2D eigenvalue weighted by molar-refractivity contribution is 6.29. The summed E-state index contributed by atoms with van der Waals surface area (Å²) in [5.41, 5.74) is 7.18. The van der Waals surface area contributed by atoms with Gasteiger partial charge in [-0.15, -0.1) is 0 Å². The van der Waals surface area contributed by atoms with Crippen molar-refractivity contribution in [2.45, 2.75) is 12.3 Å². The third-order valence-corrected chi connectivity index (χ3v) is 7.25. The number of fused-ring (bicyclic) bond motifs is 4. The summed E-state index contributed by atoms with van der Waals surface area (Å²) in [7, 11) is 1.45. The van der Waals surface area contributed by atoms with Gasteiger partial charge in [0, 0.05) is 22.0 Å². The molecule has 0 spiro atoms. The maximum atomic E-state index is 14.2. The van der Waals surface area contributed by atoms with Gasteiger partial charge in [-0.2, -0.15) is 0 Å². The number of Topliss-reactive ketones (excluding diaryl/α,β-unsaturated/α-hetero) is 1.